The van der Waals surface area contributed by atoms with Crippen LogP contribution < -0.4 is 0 Å². The van der Waals surface area contributed by atoms with Crippen LogP contribution in [-0.4, -0.2) is 0 Å². The Morgan fingerprint density at radius 1 is 0.750 bits per heavy atom. The molecule has 0 amide bonds. The van der Waals surface area contributed by atoms with E-state index < -0.39 is 0 Å². The van der Waals surface area contributed by atoms with E-state index in [0.29, 0.717) is 0 Å². The number of hydrogen-bond donors (Lipinski definition) is 0. The van der Waals surface area contributed by atoms with E-state index >= 15 is 0 Å². The molecule has 0 aromatic carbocycles. The van der Waals surface area contributed by atoms with Gasteiger partial charge in [0.25, 0.3) is 0 Å². The average molecular weight is 141 g/mol. The summed E-state index contributed by atoms with van der Waals surface area (Å²) in [6.45, 7) is 12.2. The van der Waals surface area contributed by atoms with Crippen LogP contribution in [0.5, 0.6) is 0 Å². The summed E-state index contributed by atoms with van der Waals surface area (Å²) >= 11 is 0. The largest absolute Gasteiger partial charge is 0.147 e. The fraction of sp³-hybridized carbons (Fsp3) is 1.00. The Labute approximate surface area is 61.1 Å². The second kappa shape index (κ2) is 173. The van der Waals surface area contributed by atoms with E-state index in [-0.39, 0.29) is 12.4 Å². The molecule has 0 aliphatic rings. The molecule has 0 aliphatic carbocycles. The number of hydrogen-bond acceptors (Lipinski definition) is 0. The van der Waals surface area contributed by atoms with Gasteiger partial charge in [-0.05, 0) is 0 Å². The minimum absolute atomic E-state index is 0. The molecule has 0 N–H and O–H groups in total. The number of halogens is 1. The SMILES string of the molecule is CC.CC.CCC.Cl. The van der Waals surface area contributed by atoms with Crippen LogP contribution in [0.15, 0.2) is 0 Å². The third-order valence-electron chi connectivity index (χ3n) is 0. The zero-order chi connectivity index (χ0) is 6.71. The van der Waals surface area contributed by atoms with Crippen molar-refractivity contribution >= 4 is 12.4 Å². The maximum absolute atomic E-state index is 2.12. The molecule has 0 saturated carbocycles. The monoisotopic (exact) mass is 140 g/mol. The highest BCUT2D eigenvalue weighted by molar-refractivity contribution is 5.85. The van der Waals surface area contributed by atoms with Crippen LogP contribution >= 0.6 is 12.4 Å². The zero-order valence-corrected chi connectivity index (χ0v) is 7.93. The summed E-state index contributed by atoms with van der Waals surface area (Å²) in [6, 6.07) is 0. The second-order valence-electron chi connectivity index (χ2n) is 0.707. The zero-order valence-electron chi connectivity index (χ0n) is 7.12. The molecule has 0 atom stereocenters. The van der Waals surface area contributed by atoms with Crippen molar-refractivity contribution in [3.63, 3.8) is 0 Å². The van der Waals surface area contributed by atoms with Crippen molar-refractivity contribution in [3.8, 4) is 0 Å². The molecule has 0 saturated heterocycles. The summed E-state index contributed by atoms with van der Waals surface area (Å²) in [5.74, 6) is 0. The van der Waals surface area contributed by atoms with E-state index in [2.05, 4.69) is 13.8 Å². The first-order valence-corrected chi connectivity index (χ1v) is 3.41. The number of rotatable bonds is 0. The topological polar surface area (TPSA) is 0 Å². The lowest BCUT2D eigenvalue weighted by atomic mass is 10.6. The molecule has 0 unspecified atom stereocenters. The third-order valence-corrected chi connectivity index (χ3v) is 0. The van der Waals surface area contributed by atoms with Gasteiger partial charge >= 0.3 is 0 Å². The van der Waals surface area contributed by atoms with Gasteiger partial charge in [0.1, 0.15) is 0 Å². The Morgan fingerprint density at radius 3 is 0.750 bits per heavy atom. The van der Waals surface area contributed by atoms with Crippen LogP contribution in [-0.2, 0) is 0 Å². The van der Waals surface area contributed by atoms with Gasteiger partial charge in [-0.3, -0.25) is 0 Å². The molecule has 0 fully saturated rings. The maximum atomic E-state index is 2.12. The van der Waals surface area contributed by atoms with Crippen molar-refractivity contribution in [1.29, 1.82) is 0 Å². The van der Waals surface area contributed by atoms with Gasteiger partial charge in [0.05, 0.1) is 0 Å². The molecular formula is C7H21Cl. The van der Waals surface area contributed by atoms with E-state index in [1.165, 1.54) is 6.42 Å². The van der Waals surface area contributed by atoms with Gasteiger partial charge in [-0.1, -0.05) is 48.0 Å². The highest BCUT2D eigenvalue weighted by Gasteiger charge is 1.35. The Kier molecular flexibility index (Phi) is 519. The van der Waals surface area contributed by atoms with Crippen LogP contribution in [0.1, 0.15) is 48.0 Å². The minimum Gasteiger partial charge on any atom is -0.147 e. The summed E-state index contributed by atoms with van der Waals surface area (Å²) in [5, 5.41) is 0. The first-order chi connectivity index (χ1) is 3.41. The van der Waals surface area contributed by atoms with Crippen molar-refractivity contribution in [3.05, 3.63) is 0 Å². The highest BCUT2D eigenvalue weighted by Crippen LogP contribution is 1.56. The van der Waals surface area contributed by atoms with Crippen molar-refractivity contribution in [2.75, 3.05) is 0 Å². The molecule has 1 heteroatoms. The summed E-state index contributed by atoms with van der Waals surface area (Å²) in [6.07, 6.45) is 1.25. The van der Waals surface area contributed by atoms with E-state index in [0.717, 1.165) is 0 Å². The van der Waals surface area contributed by atoms with Gasteiger partial charge in [-0.25, -0.2) is 0 Å². The van der Waals surface area contributed by atoms with Gasteiger partial charge in [0.15, 0.2) is 0 Å². The fourth-order valence-corrected chi connectivity index (χ4v) is 0. The van der Waals surface area contributed by atoms with Crippen LogP contribution in [0, 0.1) is 0 Å². The molecular weight excluding hydrogens is 120 g/mol. The van der Waals surface area contributed by atoms with Gasteiger partial charge < -0.3 is 0 Å². The predicted molar refractivity (Wildman–Crippen MR) is 45.9 cm³/mol. The lowest BCUT2D eigenvalue weighted by Gasteiger charge is -1.48. The third kappa shape index (κ3) is 2090. The fourth-order valence-electron chi connectivity index (χ4n) is 0. The predicted octanol–water partition coefficient (Wildman–Crippen LogP) is 3.89. The van der Waals surface area contributed by atoms with Crippen molar-refractivity contribution < 1.29 is 0 Å². The molecule has 0 aromatic rings. The van der Waals surface area contributed by atoms with Crippen LogP contribution in [0.4, 0.5) is 0 Å². The quantitative estimate of drug-likeness (QED) is 0.479. The van der Waals surface area contributed by atoms with E-state index in [4.69, 9.17) is 0 Å². The van der Waals surface area contributed by atoms with E-state index in [1.807, 2.05) is 27.7 Å². The molecule has 0 heterocycles. The van der Waals surface area contributed by atoms with Crippen molar-refractivity contribution in [1.82, 2.24) is 0 Å². The standard InChI is InChI=1S/C3H8.2C2H6.ClH/c1-3-2;2*1-2;/h3H2,1-2H3;2*1-2H3;1H. The van der Waals surface area contributed by atoms with Crippen LogP contribution in [0.25, 0.3) is 0 Å². The smallest absolute Gasteiger partial charge is 0.0590 e. The lowest BCUT2D eigenvalue weighted by molar-refractivity contribution is 1.09. The Bertz CT molecular complexity index is 4.35. The van der Waals surface area contributed by atoms with Gasteiger partial charge in [-0.15, -0.1) is 12.4 Å². The molecule has 0 radical (unpaired) electrons. The second-order valence-corrected chi connectivity index (χ2v) is 0.707. The van der Waals surface area contributed by atoms with Crippen LogP contribution in [0.3, 0.4) is 0 Å². The van der Waals surface area contributed by atoms with E-state index in [1.54, 1.807) is 0 Å². The molecule has 0 aromatic heterocycles. The first-order valence-electron chi connectivity index (χ1n) is 3.41. The summed E-state index contributed by atoms with van der Waals surface area (Å²) in [4.78, 5) is 0. The first kappa shape index (κ1) is 23.9. The maximum Gasteiger partial charge on any atom is -0.0590 e. The Hall–Kier alpha value is 0.290. The summed E-state index contributed by atoms with van der Waals surface area (Å²) in [7, 11) is 0. The molecule has 0 rings (SSSR count). The highest BCUT2D eigenvalue weighted by atomic mass is 35.5. The molecule has 0 bridgehead atoms. The molecule has 0 spiro atoms. The molecule has 56 valence electrons. The van der Waals surface area contributed by atoms with Crippen molar-refractivity contribution in [2.45, 2.75) is 48.0 Å². The van der Waals surface area contributed by atoms with Gasteiger partial charge in [0, 0.05) is 0 Å². The van der Waals surface area contributed by atoms with Gasteiger partial charge in [-0.2, -0.15) is 0 Å². The summed E-state index contributed by atoms with van der Waals surface area (Å²) < 4.78 is 0. The average Bonchev–Trinajstić information content (AvgIpc) is 1.78. The van der Waals surface area contributed by atoms with Crippen LogP contribution in [0.2, 0.25) is 0 Å². The summed E-state index contributed by atoms with van der Waals surface area (Å²) in [5.41, 5.74) is 0. The molecule has 0 aliphatic heterocycles. The van der Waals surface area contributed by atoms with Crippen molar-refractivity contribution in [2.24, 2.45) is 0 Å². The Balaban J connectivity index is -0.0000000147. The minimum atomic E-state index is 0. The normalized spacial score (nSPS) is 3.75. The van der Waals surface area contributed by atoms with E-state index in [9.17, 15) is 0 Å². The lowest BCUT2D eigenvalue weighted by Crippen LogP contribution is -1.27. The molecule has 0 nitrogen and oxygen atoms in total. The molecule has 8 heavy (non-hydrogen) atoms. The Morgan fingerprint density at radius 2 is 0.750 bits per heavy atom. The van der Waals surface area contributed by atoms with Gasteiger partial charge in [0.2, 0.25) is 0 Å².